The van der Waals surface area contributed by atoms with Crippen LogP contribution in [0.1, 0.15) is 30.9 Å². The molecule has 0 bridgehead atoms. The SMILES string of the molecule is CCc1cncc(NS(=O)(=O)C2CC2)c1C. The monoisotopic (exact) mass is 240 g/mol. The van der Waals surface area contributed by atoms with E-state index in [9.17, 15) is 8.42 Å². The summed E-state index contributed by atoms with van der Waals surface area (Å²) in [6, 6.07) is 0. The van der Waals surface area contributed by atoms with Crippen LogP contribution in [0.3, 0.4) is 0 Å². The van der Waals surface area contributed by atoms with Crippen LogP contribution < -0.4 is 4.72 Å². The molecule has 0 radical (unpaired) electrons. The fourth-order valence-corrected chi connectivity index (χ4v) is 3.08. The molecule has 0 saturated heterocycles. The van der Waals surface area contributed by atoms with Gasteiger partial charge in [-0.15, -0.1) is 0 Å². The standard InChI is InChI=1S/C11H16N2O2S/c1-3-9-6-12-7-11(8(9)2)13-16(14,15)10-4-5-10/h6-7,10,13H,3-5H2,1-2H3. The maximum Gasteiger partial charge on any atom is 0.235 e. The molecule has 4 nitrogen and oxygen atoms in total. The van der Waals surface area contributed by atoms with Gasteiger partial charge in [0.2, 0.25) is 10.0 Å². The lowest BCUT2D eigenvalue weighted by molar-refractivity contribution is 0.600. The number of nitrogens with one attached hydrogen (secondary N) is 1. The molecule has 5 heteroatoms. The number of pyridine rings is 1. The van der Waals surface area contributed by atoms with Crippen LogP contribution in [0.25, 0.3) is 0 Å². The van der Waals surface area contributed by atoms with Gasteiger partial charge in [0.25, 0.3) is 0 Å². The molecule has 0 unspecified atom stereocenters. The molecule has 1 aliphatic carbocycles. The highest BCUT2D eigenvalue weighted by Gasteiger charge is 2.36. The van der Waals surface area contributed by atoms with Gasteiger partial charge < -0.3 is 0 Å². The number of rotatable bonds is 4. The molecule has 0 aliphatic heterocycles. The average molecular weight is 240 g/mol. The number of aryl methyl sites for hydroxylation is 1. The smallest absolute Gasteiger partial charge is 0.235 e. The molecule has 1 aromatic heterocycles. The molecule has 0 amide bonds. The Morgan fingerprint density at radius 1 is 1.44 bits per heavy atom. The lowest BCUT2D eigenvalue weighted by atomic mass is 10.1. The highest BCUT2D eigenvalue weighted by atomic mass is 32.2. The third kappa shape index (κ3) is 2.19. The summed E-state index contributed by atoms with van der Waals surface area (Å²) >= 11 is 0. The van der Waals surface area contributed by atoms with Gasteiger partial charge in [-0.05, 0) is 37.3 Å². The fraction of sp³-hybridized carbons (Fsp3) is 0.545. The third-order valence-corrected chi connectivity index (χ3v) is 4.77. The second kappa shape index (κ2) is 4.05. The summed E-state index contributed by atoms with van der Waals surface area (Å²) in [6.45, 7) is 3.95. The minimum absolute atomic E-state index is 0.197. The van der Waals surface area contributed by atoms with E-state index in [4.69, 9.17) is 0 Å². The highest BCUT2D eigenvalue weighted by Crippen LogP contribution is 2.30. The Balaban J connectivity index is 2.27. The molecule has 0 aromatic carbocycles. The van der Waals surface area contributed by atoms with Gasteiger partial charge in [-0.25, -0.2) is 8.42 Å². The summed E-state index contributed by atoms with van der Waals surface area (Å²) in [5.41, 5.74) is 2.67. The first kappa shape index (κ1) is 11.4. The Morgan fingerprint density at radius 2 is 2.12 bits per heavy atom. The predicted molar refractivity (Wildman–Crippen MR) is 63.9 cm³/mol. The van der Waals surface area contributed by atoms with Crippen molar-refractivity contribution in [3.63, 3.8) is 0 Å². The molecular formula is C11H16N2O2S. The molecule has 88 valence electrons. The van der Waals surface area contributed by atoms with E-state index in [0.717, 1.165) is 30.4 Å². The third-order valence-electron chi connectivity index (χ3n) is 2.92. The molecule has 1 aromatic rings. The van der Waals surface area contributed by atoms with Gasteiger partial charge in [0.1, 0.15) is 0 Å². The molecule has 0 spiro atoms. The van der Waals surface area contributed by atoms with Crippen LogP contribution in [-0.4, -0.2) is 18.7 Å². The van der Waals surface area contributed by atoms with Crippen LogP contribution >= 0.6 is 0 Å². The average Bonchev–Trinajstić information content (AvgIpc) is 3.04. The number of sulfonamides is 1. The first-order valence-corrected chi connectivity index (χ1v) is 7.04. The van der Waals surface area contributed by atoms with Gasteiger partial charge in [0, 0.05) is 6.20 Å². The van der Waals surface area contributed by atoms with Crippen molar-refractivity contribution in [3.05, 3.63) is 23.5 Å². The van der Waals surface area contributed by atoms with Crippen LogP contribution in [0, 0.1) is 6.92 Å². The van der Waals surface area contributed by atoms with Crippen LogP contribution in [0.2, 0.25) is 0 Å². The molecule has 1 saturated carbocycles. The molecule has 16 heavy (non-hydrogen) atoms. The number of anilines is 1. The zero-order valence-corrected chi connectivity index (χ0v) is 10.3. The maximum absolute atomic E-state index is 11.8. The Morgan fingerprint density at radius 3 is 2.69 bits per heavy atom. The van der Waals surface area contributed by atoms with Crippen molar-refractivity contribution in [3.8, 4) is 0 Å². The highest BCUT2D eigenvalue weighted by molar-refractivity contribution is 7.93. The minimum atomic E-state index is -3.18. The zero-order chi connectivity index (χ0) is 11.8. The van der Waals surface area contributed by atoms with Gasteiger partial charge in [0.05, 0.1) is 17.1 Å². The Kier molecular flexibility index (Phi) is 2.88. The first-order chi connectivity index (χ1) is 7.54. The van der Waals surface area contributed by atoms with E-state index in [2.05, 4.69) is 9.71 Å². The second-order valence-corrected chi connectivity index (χ2v) is 6.13. The fourth-order valence-electron chi connectivity index (χ4n) is 1.64. The molecular weight excluding hydrogens is 224 g/mol. The van der Waals surface area contributed by atoms with E-state index >= 15 is 0 Å². The van der Waals surface area contributed by atoms with E-state index in [1.54, 1.807) is 12.4 Å². The number of hydrogen-bond acceptors (Lipinski definition) is 3. The van der Waals surface area contributed by atoms with Gasteiger partial charge in [0.15, 0.2) is 0 Å². The van der Waals surface area contributed by atoms with Crippen molar-refractivity contribution < 1.29 is 8.42 Å². The molecule has 1 fully saturated rings. The van der Waals surface area contributed by atoms with E-state index in [-0.39, 0.29) is 5.25 Å². The van der Waals surface area contributed by atoms with Crippen molar-refractivity contribution in [2.24, 2.45) is 0 Å². The molecule has 0 atom stereocenters. The molecule has 2 rings (SSSR count). The molecule has 1 N–H and O–H groups in total. The predicted octanol–water partition coefficient (Wildman–Crippen LogP) is 1.86. The number of nitrogens with zero attached hydrogens (tertiary/aromatic N) is 1. The van der Waals surface area contributed by atoms with Crippen LogP contribution in [0.5, 0.6) is 0 Å². The van der Waals surface area contributed by atoms with Crippen LogP contribution in [-0.2, 0) is 16.4 Å². The van der Waals surface area contributed by atoms with Crippen molar-refractivity contribution in [2.75, 3.05) is 4.72 Å². The van der Waals surface area contributed by atoms with Crippen molar-refractivity contribution >= 4 is 15.7 Å². The molecule has 1 aliphatic rings. The molecule has 1 heterocycles. The largest absolute Gasteiger partial charge is 0.281 e. The Hall–Kier alpha value is -1.10. The van der Waals surface area contributed by atoms with E-state index in [1.807, 2.05) is 13.8 Å². The summed E-state index contributed by atoms with van der Waals surface area (Å²) in [4.78, 5) is 4.05. The summed E-state index contributed by atoms with van der Waals surface area (Å²) in [7, 11) is -3.18. The lowest BCUT2D eigenvalue weighted by Crippen LogP contribution is -2.18. The van der Waals surface area contributed by atoms with Crippen molar-refractivity contribution in [1.82, 2.24) is 4.98 Å². The quantitative estimate of drug-likeness (QED) is 0.873. The summed E-state index contributed by atoms with van der Waals surface area (Å²) in [6.07, 6.45) is 5.76. The van der Waals surface area contributed by atoms with Crippen LogP contribution in [0.15, 0.2) is 12.4 Å². The summed E-state index contributed by atoms with van der Waals surface area (Å²) in [5.74, 6) is 0. The zero-order valence-electron chi connectivity index (χ0n) is 9.53. The van der Waals surface area contributed by atoms with Crippen molar-refractivity contribution in [1.29, 1.82) is 0 Å². The van der Waals surface area contributed by atoms with E-state index < -0.39 is 10.0 Å². The summed E-state index contributed by atoms with van der Waals surface area (Å²) in [5, 5.41) is -0.197. The van der Waals surface area contributed by atoms with Crippen LogP contribution in [0.4, 0.5) is 5.69 Å². The van der Waals surface area contributed by atoms with Gasteiger partial charge >= 0.3 is 0 Å². The Labute approximate surface area is 96.1 Å². The number of hydrogen-bond donors (Lipinski definition) is 1. The van der Waals surface area contributed by atoms with Gasteiger partial charge in [-0.1, -0.05) is 6.92 Å². The summed E-state index contributed by atoms with van der Waals surface area (Å²) < 4.78 is 26.2. The normalized spacial score (nSPS) is 16.1. The maximum atomic E-state index is 11.8. The second-order valence-electron chi connectivity index (χ2n) is 4.17. The van der Waals surface area contributed by atoms with E-state index in [0.29, 0.717) is 5.69 Å². The first-order valence-electron chi connectivity index (χ1n) is 5.49. The van der Waals surface area contributed by atoms with Gasteiger partial charge in [-0.2, -0.15) is 0 Å². The van der Waals surface area contributed by atoms with Gasteiger partial charge in [-0.3, -0.25) is 9.71 Å². The topological polar surface area (TPSA) is 59.1 Å². The minimum Gasteiger partial charge on any atom is -0.281 e. The Bertz CT molecular complexity index is 493. The van der Waals surface area contributed by atoms with E-state index in [1.165, 1.54) is 0 Å². The lowest BCUT2D eigenvalue weighted by Gasteiger charge is -2.11. The van der Waals surface area contributed by atoms with Crippen molar-refractivity contribution in [2.45, 2.75) is 38.4 Å². The number of aromatic nitrogens is 1.